The van der Waals surface area contributed by atoms with Crippen molar-refractivity contribution in [3.8, 4) is 0 Å². The Morgan fingerprint density at radius 2 is 2.43 bits per heavy atom. The largest absolute Gasteiger partial charge is 0.387 e. The van der Waals surface area contributed by atoms with Gasteiger partial charge in [-0.1, -0.05) is 0 Å². The first-order valence-corrected chi connectivity index (χ1v) is 4.79. The Hall–Kier alpha value is -1.00. The highest BCUT2D eigenvalue weighted by Gasteiger charge is 2.24. The van der Waals surface area contributed by atoms with Crippen molar-refractivity contribution in [1.29, 1.82) is 0 Å². The van der Waals surface area contributed by atoms with Crippen LogP contribution in [0.3, 0.4) is 0 Å². The molecule has 0 spiro atoms. The molecule has 1 aromatic rings. The molecule has 4 heteroatoms. The summed E-state index contributed by atoms with van der Waals surface area (Å²) in [6.45, 7) is 0.921. The molecule has 2 unspecified atom stereocenters. The van der Waals surface area contributed by atoms with Gasteiger partial charge in [0.2, 0.25) is 0 Å². The minimum absolute atomic E-state index is 0.0404. The number of aromatic nitrogens is 1. The Labute approximate surface area is 82.0 Å². The van der Waals surface area contributed by atoms with E-state index in [1.165, 1.54) is 12.3 Å². The molecule has 14 heavy (non-hydrogen) atoms. The number of pyridine rings is 1. The molecule has 0 bridgehead atoms. The van der Waals surface area contributed by atoms with Crippen LogP contribution >= 0.6 is 0 Å². The molecular weight excluding hydrogens is 183 g/mol. The van der Waals surface area contributed by atoms with Crippen LogP contribution in [0.2, 0.25) is 0 Å². The van der Waals surface area contributed by atoms with Crippen LogP contribution in [-0.2, 0) is 0 Å². The Morgan fingerprint density at radius 1 is 1.57 bits per heavy atom. The minimum atomic E-state index is -0.652. The Bertz CT molecular complexity index is 313. The minimum Gasteiger partial charge on any atom is -0.387 e. The van der Waals surface area contributed by atoms with Gasteiger partial charge in [-0.05, 0) is 25.5 Å². The van der Waals surface area contributed by atoms with Crippen LogP contribution in [0.5, 0.6) is 0 Å². The molecule has 0 saturated carbocycles. The molecule has 2 N–H and O–H groups in total. The van der Waals surface area contributed by atoms with Crippen molar-refractivity contribution < 1.29 is 9.50 Å². The lowest BCUT2D eigenvalue weighted by Gasteiger charge is -2.17. The summed E-state index contributed by atoms with van der Waals surface area (Å²) in [6, 6.07) is 1.37. The normalized spacial score (nSPS) is 23.7. The van der Waals surface area contributed by atoms with Gasteiger partial charge in [0, 0.05) is 17.8 Å². The highest BCUT2D eigenvalue weighted by Crippen LogP contribution is 2.22. The summed E-state index contributed by atoms with van der Waals surface area (Å²) < 4.78 is 12.8. The van der Waals surface area contributed by atoms with Gasteiger partial charge >= 0.3 is 0 Å². The van der Waals surface area contributed by atoms with Crippen molar-refractivity contribution >= 4 is 0 Å². The molecule has 3 nitrogen and oxygen atoms in total. The van der Waals surface area contributed by atoms with Gasteiger partial charge in [0.25, 0.3) is 0 Å². The van der Waals surface area contributed by atoms with Gasteiger partial charge in [0.1, 0.15) is 5.82 Å². The van der Waals surface area contributed by atoms with E-state index in [4.69, 9.17) is 0 Å². The second kappa shape index (κ2) is 4.02. The number of halogens is 1. The summed E-state index contributed by atoms with van der Waals surface area (Å²) in [6.07, 6.45) is 3.98. The van der Waals surface area contributed by atoms with Crippen LogP contribution in [-0.4, -0.2) is 22.7 Å². The predicted molar refractivity (Wildman–Crippen MR) is 50.2 cm³/mol. The molecule has 0 aliphatic carbocycles. The quantitative estimate of drug-likeness (QED) is 0.742. The van der Waals surface area contributed by atoms with E-state index in [1.807, 2.05) is 0 Å². The summed E-state index contributed by atoms with van der Waals surface area (Å²) in [5, 5.41) is 13.0. The Kier molecular flexibility index (Phi) is 2.74. The summed E-state index contributed by atoms with van der Waals surface area (Å²) >= 11 is 0. The first kappa shape index (κ1) is 9.55. The predicted octanol–water partition coefficient (Wildman–Crippen LogP) is 1.01. The number of nitrogens with one attached hydrogen (secondary N) is 1. The van der Waals surface area contributed by atoms with Crippen LogP contribution in [0.15, 0.2) is 18.5 Å². The number of aliphatic hydroxyl groups excluding tert-OH is 1. The fraction of sp³-hybridized carbons (Fsp3) is 0.500. The molecule has 0 radical (unpaired) electrons. The summed E-state index contributed by atoms with van der Waals surface area (Å²) in [7, 11) is 0. The molecule has 1 saturated heterocycles. The first-order chi connectivity index (χ1) is 6.77. The van der Waals surface area contributed by atoms with E-state index in [1.54, 1.807) is 0 Å². The molecule has 1 aliphatic heterocycles. The summed E-state index contributed by atoms with van der Waals surface area (Å²) in [4.78, 5) is 3.71. The third-order valence-corrected chi connectivity index (χ3v) is 2.55. The smallest absolute Gasteiger partial charge is 0.141 e. The van der Waals surface area contributed by atoms with Gasteiger partial charge in [-0.25, -0.2) is 4.39 Å². The second-order valence-corrected chi connectivity index (χ2v) is 3.58. The van der Waals surface area contributed by atoms with Crippen molar-refractivity contribution in [3.05, 3.63) is 29.8 Å². The van der Waals surface area contributed by atoms with Gasteiger partial charge in [0.15, 0.2) is 0 Å². The number of aliphatic hydroxyl groups is 1. The molecule has 1 aliphatic rings. The monoisotopic (exact) mass is 196 g/mol. The Balaban J connectivity index is 2.13. The van der Waals surface area contributed by atoms with Gasteiger partial charge < -0.3 is 10.4 Å². The maximum atomic E-state index is 12.8. The van der Waals surface area contributed by atoms with Crippen molar-refractivity contribution in [2.45, 2.75) is 25.0 Å². The maximum Gasteiger partial charge on any atom is 0.141 e. The van der Waals surface area contributed by atoms with E-state index in [9.17, 15) is 9.50 Å². The molecule has 76 valence electrons. The van der Waals surface area contributed by atoms with Crippen LogP contribution in [0.4, 0.5) is 4.39 Å². The van der Waals surface area contributed by atoms with Crippen molar-refractivity contribution in [1.82, 2.24) is 10.3 Å². The van der Waals surface area contributed by atoms with E-state index >= 15 is 0 Å². The third-order valence-electron chi connectivity index (χ3n) is 2.55. The van der Waals surface area contributed by atoms with Gasteiger partial charge in [-0.2, -0.15) is 0 Å². The van der Waals surface area contributed by atoms with Gasteiger partial charge in [-0.15, -0.1) is 0 Å². The lowest BCUT2D eigenvalue weighted by molar-refractivity contribution is 0.136. The van der Waals surface area contributed by atoms with Gasteiger partial charge in [-0.3, -0.25) is 4.98 Å². The molecule has 0 aromatic carbocycles. The maximum absolute atomic E-state index is 12.8. The third kappa shape index (κ3) is 1.91. The standard InChI is InChI=1S/C10H13FN2O/c11-8-4-7(5-12-6-8)10(14)9-2-1-3-13-9/h4-6,9-10,13-14H,1-3H2. The first-order valence-electron chi connectivity index (χ1n) is 4.79. The van der Waals surface area contributed by atoms with Crippen LogP contribution < -0.4 is 5.32 Å². The number of hydrogen-bond acceptors (Lipinski definition) is 3. The molecule has 0 amide bonds. The highest BCUT2D eigenvalue weighted by atomic mass is 19.1. The van der Waals surface area contributed by atoms with Crippen molar-refractivity contribution in [3.63, 3.8) is 0 Å². The van der Waals surface area contributed by atoms with E-state index in [0.29, 0.717) is 5.56 Å². The fourth-order valence-corrected chi connectivity index (χ4v) is 1.80. The molecule has 1 aromatic heterocycles. The van der Waals surface area contributed by atoms with E-state index < -0.39 is 11.9 Å². The topological polar surface area (TPSA) is 45.2 Å². The zero-order valence-corrected chi connectivity index (χ0v) is 7.78. The average molecular weight is 196 g/mol. The summed E-state index contributed by atoms with van der Waals surface area (Å²) in [5.41, 5.74) is 0.546. The SMILES string of the molecule is OC(c1cncc(F)c1)C1CCCN1. The lowest BCUT2D eigenvalue weighted by atomic mass is 10.0. The molecule has 2 heterocycles. The lowest BCUT2D eigenvalue weighted by Crippen LogP contribution is -2.28. The zero-order chi connectivity index (χ0) is 9.97. The summed E-state index contributed by atoms with van der Waals surface area (Å²) in [5.74, 6) is -0.403. The van der Waals surface area contributed by atoms with E-state index in [-0.39, 0.29) is 6.04 Å². The highest BCUT2D eigenvalue weighted by molar-refractivity contribution is 5.15. The second-order valence-electron chi connectivity index (χ2n) is 3.58. The average Bonchev–Trinajstić information content (AvgIpc) is 2.69. The van der Waals surface area contributed by atoms with Crippen LogP contribution in [0.1, 0.15) is 24.5 Å². The van der Waals surface area contributed by atoms with Crippen LogP contribution in [0.25, 0.3) is 0 Å². The molecule has 1 fully saturated rings. The van der Waals surface area contributed by atoms with E-state index in [2.05, 4.69) is 10.3 Å². The van der Waals surface area contributed by atoms with Crippen molar-refractivity contribution in [2.75, 3.05) is 6.54 Å². The Morgan fingerprint density at radius 3 is 3.07 bits per heavy atom. The fourth-order valence-electron chi connectivity index (χ4n) is 1.80. The number of rotatable bonds is 2. The van der Waals surface area contributed by atoms with Gasteiger partial charge in [0.05, 0.1) is 12.3 Å². The van der Waals surface area contributed by atoms with Crippen molar-refractivity contribution in [2.24, 2.45) is 0 Å². The molecule has 2 rings (SSSR count). The number of nitrogens with zero attached hydrogens (tertiary/aromatic N) is 1. The molecule has 2 atom stereocenters. The zero-order valence-electron chi connectivity index (χ0n) is 7.78. The molecular formula is C10H13FN2O. The van der Waals surface area contributed by atoms with E-state index in [0.717, 1.165) is 25.6 Å². The number of hydrogen-bond donors (Lipinski definition) is 2. The van der Waals surface area contributed by atoms with Crippen LogP contribution in [0, 0.1) is 5.82 Å².